The molecule has 0 bridgehead atoms. The van der Waals surface area contributed by atoms with Gasteiger partial charge in [-0.05, 0) is 50.8 Å². The molecule has 0 unspecified atom stereocenters. The molecule has 2 aromatic rings. The van der Waals surface area contributed by atoms with E-state index < -0.39 is 0 Å². The van der Waals surface area contributed by atoms with E-state index in [4.69, 9.17) is 0 Å². The minimum absolute atomic E-state index is 1.01. The molecule has 0 radical (unpaired) electrons. The average molecular weight is 329 g/mol. The summed E-state index contributed by atoms with van der Waals surface area (Å²) in [5, 5.41) is 1.17. The molecular weight excluding hydrogens is 318 g/mol. The molecule has 0 N–H and O–H groups in total. The van der Waals surface area contributed by atoms with Gasteiger partial charge in [-0.25, -0.2) is 0 Å². The zero-order valence-electron chi connectivity index (χ0n) is 8.64. The topological polar surface area (TPSA) is 12.9 Å². The predicted octanol–water partition coefficient (Wildman–Crippen LogP) is 4.63. The fourth-order valence-corrected chi connectivity index (χ4v) is 2.59. The Balaban J connectivity index is 2.91. The SMILES string of the molecule is CCc1cccc2c(Br)c(Br)c(C)nc12. The van der Waals surface area contributed by atoms with Crippen molar-refractivity contribution in [3.63, 3.8) is 0 Å². The van der Waals surface area contributed by atoms with Crippen molar-refractivity contribution in [3.05, 3.63) is 38.4 Å². The van der Waals surface area contributed by atoms with Gasteiger partial charge in [0.05, 0.1) is 15.7 Å². The maximum Gasteiger partial charge on any atom is 0.0749 e. The Morgan fingerprint density at radius 1 is 1.20 bits per heavy atom. The summed E-state index contributed by atoms with van der Waals surface area (Å²) in [5.74, 6) is 0. The molecule has 0 fully saturated rings. The normalized spacial score (nSPS) is 10.9. The van der Waals surface area contributed by atoms with Crippen LogP contribution >= 0.6 is 31.9 Å². The molecule has 0 saturated carbocycles. The lowest BCUT2D eigenvalue weighted by Crippen LogP contribution is -1.92. The molecule has 0 spiro atoms. The number of hydrogen-bond acceptors (Lipinski definition) is 1. The van der Waals surface area contributed by atoms with Gasteiger partial charge in [-0.3, -0.25) is 4.98 Å². The highest BCUT2D eigenvalue weighted by Gasteiger charge is 2.09. The lowest BCUT2D eigenvalue weighted by atomic mass is 10.1. The largest absolute Gasteiger partial charge is 0.252 e. The number of nitrogens with zero attached hydrogens (tertiary/aromatic N) is 1. The molecule has 1 aromatic heterocycles. The Labute approximate surface area is 106 Å². The molecule has 15 heavy (non-hydrogen) atoms. The first kappa shape index (κ1) is 11.1. The lowest BCUT2D eigenvalue weighted by Gasteiger charge is -2.08. The van der Waals surface area contributed by atoms with E-state index in [1.54, 1.807) is 0 Å². The number of rotatable bonds is 1. The molecule has 0 saturated heterocycles. The summed E-state index contributed by atoms with van der Waals surface area (Å²) in [6.45, 7) is 4.17. The van der Waals surface area contributed by atoms with Crippen molar-refractivity contribution in [2.75, 3.05) is 0 Å². The number of fused-ring (bicyclic) bond motifs is 1. The quantitative estimate of drug-likeness (QED) is 0.743. The maximum atomic E-state index is 4.63. The number of hydrogen-bond donors (Lipinski definition) is 0. The highest BCUT2D eigenvalue weighted by Crippen LogP contribution is 2.33. The highest BCUT2D eigenvalue weighted by atomic mass is 79.9. The fourth-order valence-electron chi connectivity index (χ4n) is 1.68. The highest BCUT2D eigenvalue weighted by molar-refractivity contribution is 9.13. The van der Waals surface area contributed by atoms with Gasteiger partial charge >= 0.3 is 0 Å². The number of para-hydroxylation sites is 1. The zero-order valence-corrected chi connectivity index (χ0v) is 11.8. The van der Waals surface area contributed by atoms with Crippen molar-refractivity contribution >= 4 is 42.8 Å². The van der Waals surface area contributed by atoms with Crippen molar-refractivity contribution in [1.82, 2.24) is 4.98 Å². The molecule has 0 aliphatic rings. The van der Waals surface area contributed by atoms with Crippen LogP contribution in [0, 0.1) is 6.92 Å². The van der Waals surface area contributed by atoms with E-state index in [0.717, 1.165) is 26.6 Å². The smallest absolute Gasteiger partial charge is 0.0749 e. The monoisotopic (exact) mass is 327 g/mol. The number of benzene rings is 1. The second kappa shape index (κ2) is 4.22. The maximum absolute atomic E-state index is 4.63. The standard InChI is InChI=1S/C12H11Br2N/c1-3-8-5-4-6-9-11(14)10(13)7(2)15-12(8)9/h4-6H,3H2,1-2H3. The Morgan fingerprint density at radius 3 is 2.60 bits per heavy atom. The first-order valence-electron chi connectivity index (χ1n) is 4.88. The van der Waals surface area contributed by atoms with Crippen LogP contribution in [0.5, 0.6) is 0 Å². The molecule has 78 valence electrons. The van der Waals surface area contributed by atoms with Crippen molar-refractivity contribution in [2.24, 2.45) is 0 Å². The second-order valence-electron chi connectivity index (χ2n) is 3.49. The van der Waals surface area contributed by atoms with Crippen molar-refractivity contribution in [2.45, 2.75) is 20.3 Å². The molecule has 2 rings (SSSR count). The van der Waals surface area contributed by atoms with Gasteiger partial charge < -0.3 is 0 Å². The third-order valence-electron chi connectivity index (χ3n) is 2.53. The molecule has 0 aliphatic heterocycles. The Bertz CT molecular complexity index is 521. The van der Waals surface area contributed by atoms with Crippen LogP contribution in [0.4, 0.5) is 0 Å². The van der Waals surface area contributed by atoms with Crippen LogP contribution in [-0.2, 0) is 6.42 Å². The summed E-state index contributed by atoms with van der Waals surface area (Å²) in [6.07, 6.45) is 1.01. The van der Waals surface area contributed by atoms with Gasteiger partial charge in [0.15, 0.2) is 0 Å². The van der Waals surface area contributed by atoms with E-state index in [0.29, 0.717) is 0 Å². The molecule has 1 nitrogen and oxygen atoms in total. The van der Waals surface area contributed by atoms with Gasteiger partial charge in [0.25, 0.3) is 0 Å². The number of halogens is 2. The summed E-state index contributed by atoms with van der Waals surface area (Å²) in [4.78, 5) is 4.63. The van der Waals surface area contributed by atoms with Crippen molar-refractivity contribution in [3.8, 4) is 0 Å². The Morgan fingerprint density at radius 2 is 1.93 bits per heavy atom. The third kappa shape index (κ3) is 1.83. The molecule has 0 atom stereocenters. The zero-order chi connectivity index (χ0) is 11.0. The van der Waals surface area contributed by atoms with E-state index in [-0.39, 0.29) is 0 Å². The van der Waals surface area contributed by atoms with Gasteiger partial charge in [0.2, 0.25) is 0 Å². The van der Waals surface area contributed by atoms with Crippen LogP contribution < -0.4 is 0 Å². The van der Waals surface area contributed by atoms with Crippen LogP contribution in [0.1, 0.15) is 18.2 Å². The van der Waals surface area contributed by atoms with Gasteiger partial charge in [-0.1, -0.05) is 25.1 Å². The molecule has 0 aliphatic carbocycles. The van der Waals surface area contributed by atoms with Crippen molar-refractivity contribution < 1.29 is 0 Å². The Hall–Kier alpha value is -0.410. The molecule has 1 heterocycles. The predicted molar refractivity (Wildman–Crippen MR) is 71.3 cm³/mol. The summed E-state index contributed by atoms with van der Waals surface area (Å²) < 4.78 is 2.14. The second-order valence-corrected chi connectivity index (χ2v) is 5.08. The van der Waals surface area contributed by atoms with E-state index in [1.807, 2.05) is 6.92 Å². The first-order valence-corrected chi connectivity index (χ1v) is 6.47. The average Bonchev–Trinajstić information content (AvgIpc) is 2.25. The fraction of sp³-hybridized carbons (Fsp3) is 0.250. The summed E-state index contributed by atoms with van der Waals surface area (Å²) in [6, 6.07) is 6.31. The molecule has 3 heteroatoms. The van der Waals surface area contributed by atoms with E-state index in [2.05, 4.69) is 62.0 Å². The minimum atomic E-state index is 1.01. The summed E-state index contributed by atoms with van der Waals surface area (Å²) >= 11 is 7.15. The molecular formula is C12H11Br2N. The van der Waals surface area contributed by atoms with Gasteiger partial charge in [0.1, 0.15) is 0 Å². The third-order valence-corrected chi connectivity index (χ3v) is 4.85. The number of aromatic nitrogens is 1. The van der Waals surface area contributed by atoms with Crippen LogP contribution in [0.3, 0.4) is 0 Å². The van der Waals surface area contributed by atoms with Crippen LogP contribution in [0.25, 0.3) is 10.9 Å². The van der Waals surface area contributed by atoms with Crippen molar-refractivity contribution in [1.29, 1.82) is 0 Å². The van der Waals surface area contributed by atoms with Gasteiger partial charge in [0, 0.05) is 9.86 Å². The molecule has 0 amide bonds. The molecule has 1 aromatic carbocycles. The van der Waals surface area contributed by atoms with Crippen LogP contribution in [0.2, 0.25) is 0 Å². The van der Waals surface area contributed by atoms with Crippen LogP contribution in [0.15, 0.2) is 27.1 Å². The van der Waals surface area contributed by atoms with Crippen LogP contribution in [-0.4, -0.2) is 4.98 Å². The van der Waals surface area contributed by atoms with Gasteiger partial charge in [-0.15, -0.1) is 0 Å². The number of aryl methyl sites for hydroxylation is 2. The number of pyridine rings is 1. The summed E-state index contributed by atoms with van der Waals surface area (Å²) in [5.41, 5.74) is 3.42. The van der Waals surface area contributed by atoms with Gasteiger partial charge in [-0.2, -0.15) is 0 Å². The lowest BCUT2D eigenvalue weighted by molar-refractivity contribution is 1.13. The Kier molecular flexibility index (Phi) is 3.12. The first-order chi connectivity index (χ1) is 7.15. The van der Waals surface area contributed by atoms with E-state index in [9.17, 15) is 0 Å². The summed E-state index contributed by atoms with van der Waals surface area (Å²) in [7, 11) is 0. The van der Waals surface area contributed by atoms with E-state index in [1.165, 1.54) is 10.9 Å². The van der Waals surface area contributed by atoms with E-state index >= 15 is 0 Å². The minimum Gasteiger partial charge on any atom is -0.252 e.